The fraction of sp³-hybridized carbons (Fsp3) is 0.192. The van der Waals surface area contributed by atoms with Gasteiger partial charge in [0.15, 0.2) is 0 Å². The first-order valence-corrected chi connectivity index (χ1v) is 11.8. The molecule has 1 aliphatic rings. The summed E-state index contributed by atoms with van der Waals surface area (Å²) in [5.41, 5.74) is 3.32. The van der Waals surface area contributed by atoms with Crippen molar-refractivity contribution in [2.45, 2.75) is 13.0 Å². The highest BCUT2D eigenvalue weighted by molar-refractivity contribution is 6.35. The largest absolute Gasteiger partial charge is 0.338 e. The van der Waals surface area contributed by atoms with E-state index in [0.717, 1.165) is 16.8 Å². The number of guanidine groups is 1. The Labute approximate surface area is 214 Å². The zero-order chi connectivity index (χ0) is 24.8. The minimum atomic E-state index is -0.287. The number of nitrogens with zero attached hydrogens (tertiary/aromatic N) is 4. The molecule has 2 N–H and O–H groups in total. The molecule has 1 unspecified atom stereocenters. The number of benzene rings is 3. The lowest BCUT2D eigenvalue weighted by molar-refractivity contribution is 0.136. The van der Waals surface area contributed by atoms with E-state index in [1.54, 1.807) is 23.1 Å². The van der Waals surface area contributed by atoms with Gasteiger partial charge in [-0.1, -0.05) is 71.7 Å². The molecule has 3 aromatic rings. The van der Waals surface area contributed by atoms with Crippen LogP contribution in [0.1, 0.15) is 17.2 Å². The number of carbonyl (C=O) groups is 1. The van der Waals surface area contributed by atoms with Crippen LogP contribution in [0.4, 0.5) is 16.2 Å². The van der Waals surface area contributed by atoms with Gasteiger partial charge in [-0.25, -0.2) is 4.79 Å². The summed E-state index contributed by atoms with van der Waals surface area (Å²) in [6.07, 6.45) is 1.90. The summed E-state index contributed by atoms with van der Waals surface area (Å²) >= 11 is 12.4. The predicted molar refractivity (Wildman–Crippen MR) is 141 cm³/mol. The maximum Gasteiger partial charge on any atom is 0.322 e. The number of carbonyl (C=O) groups excluding carboxylic acids is 1. The molecule has 1 aliphatic heterocycles. The van der Waals surface area contributed by atoms with Crippen LogP contribution < -0.4 is 10.6 Å². The van der Waals surface area contributed by atoms with Crippen LogP contribution in [0.5, 0.6) is 0 Å². The Balaban J connectivity index is 1.60. The minimum Gasteiger partial charge on any atom is -0.338 e. The van der Waals surface area contributed by atoms with Crippen molar-refractivity contribution in [3.8, 4) is 6.19 Å². The number of hydrogen-bond donors (Lipinski definition) is 2. The van der Waals surface area contributed by atoms with E-state index in [1.807, 2.05) is 72.6 Å². The number of aliphatic imine (C=N–C) groups is 1. The smallest absolute Gasteiger partial charge is 0.322 e. The van der Waals surface area contributed by atoms with Gasteiger partial charge in [0, 0.05) is 30.3 Å². The fourth-order valence-corrected chi connectivity index (χ4v) is 4.35. The van der Waals surface area contributed by atoms with Gasteiger partial charge in [-0.05, 0) is 42.3 Å². The van der Waals surface area contributed by atoms with Crippen molar-refractivity contribution in [2.24, 2.45) is 4.99 Å². The van der Waals surface area contributed by atoms with Crippen LogP contribution in [0.3, 0.4) is 0 Å². The van der Waals surface area contributed by atoms with Crippen LogP contribution in [0, 0.1) is 18.4 Å². The number of halogens is 2. The van der Waals surface area contributed by atoms with Gasteiger partial charge in [0.25, 0.3) is 0 Å². The first-order chi connectivity index (χ1) is 17.0. The molecule has 0 radical (unpaired) electrons. The molecule has 0 spiro atoms. The number of aryl methyl sites for hydroxylation is 1. The fourth-order valence-electron chi connectivity index (χ4n) is 4.02. The van der Waals surface area contributed by atoms with Gasteiger partial charge in [-0.2, -0.15) is 5.26 Å². The lowest BCUT2D eigenvalue weighted by atomic mass is 10.0. The van der Waals surface area contributed by atoms with E-state index in [2.05, 4.69) is 15.6 Å². The minimum absolute atomic E-state index is 0.284. The number of anilines is 2. The molecule has 3 aromatic carbocycles. The lowest BCUT2D eigenvalue weighted by Crippen LogP contribution is -2.54. The zero-order valence-electron chi connectivity index (χ0n) is 19.1. The van der Waals surface area contributed by atoms with Crippen LogP contribution in [0.25, 0.3) is 0 Å². The van der Waals surface area contributed by atoms with Crippen molar-refractivity contribution in [1.82, 2.24) is 9.80 Å². The standard InChI is InChI=1S/C26H24Cl2N6O/c1-18-7-5-6-10-22(18)31-25(30-17-29)33-13-14-34(24(16-33)19-8-3-2-4-9-19)26(35)32-23-15-20(27)11-12-21(23)28/h2-12,15,24H,13-14,16H2,1H3,(H,30,31)(H,32,35). The zero-order valence-corrected chi connectivity index (χ0v) is 20.6. The maximum absolute atomic E-state index is 13.3. The number of rotatable bonds is 3. The third kappa shape index (κ3) is 5.86. The molecule has 2 amide bonds. The van der Waals surface area contributed by atoms with Crippen LogP contribution >= 0.6 is 23.2 Å². The van der Waals surface area contributed by atoms with Crippen molar-refractivity contribution in [1.29, 1.82) is 5.26 Å². The van der Waals surface area contributed by atoms with Crippen LogP contribution in [-0.2, 0) is 0 Å². The highest BCUT2D eigenvalue weighted by Gasteiger charge is 2.33. The quantitative estimate of drug-likeness (QED) is 0.253. The SMILES string of the molecule is Cc1ccccc1N/C(=N/C#N)N1CCN(C(=O)Nc2cc(Cl)ccc2Cl)C(c2ccccc2)C1. The second-order valence-corrected chi connectivity index (χ2v) is 8.94. The number of piperazine rings is 1. The Hall–Kier alpha value is -3.73. The molecule has 178 valence electrons. The molecule has 9 heteroatoms. The van der Waals surface area contributed by atoms with Crippen molar-refractivity contribution >= 4 is 46.6 Å². The van der Waals surface area contributed by atoms with Gasteiger partial charge in [-0.15, -0.1) is 4.99 Å². The Morgan fingerprint density at radius 2 is 1.74 bits per heavy atom. The van der Waals surface area contributed by atoms with Crippen molar-refractivity contribution < 1.29 is 4.79 Å². The number of amides is 2. The summed E-state index contributed by atoms with van der Waals surface area (Å²) in [5.74, 6) is 0.445. The summed E-state index contributed by atoms with van der Waals surface area (Å²) in [7, 11) is 0. The van der Waals surface area contributed by atoms with Gasteiger partial charge in [0.2, 0.25) is 12.2 Å². The normalized spacial score (nSPS) is 15.9. The molecule has 1 saturated heterocycles. The Morgan fingerprint density at radius 3 is 2.49 bits per heavy atom. The first kappa shape index (κ1) is 24.4. The van der Waals surface area contributed by atoms with Gasteiger partial charge in [0.05, 0.1) is 16.8 Å². The van der Waals surface area contributed by atoms with E-state index in [0.29, 0.717) is 41.3 Å². The molecule has 0 saturated carbocycles. The van der Waals surface area contributed by atoms with Gasteiger partial charge >= 0.3 is 6.03 Å². The van der Waals surface area contributed by atoms with E-state index in [4.69, 9.17) is 23.2 Å². The Bertz CT molecular complexity index is 1270. The number of para-hydroxylation sites is 1. The van der Waals surface area contributed by atoms with Crippen LogP contribution in [-0.4, -0.2) is 41.4 Å². The van der Waals surface area contributed by atoms with Crippen molar-refractivity contribution in [3.63, 3.8) is 0 Å². The molecule has 35 heavy (non-hydrogen) atoms. The second kappa shape index (κ2) is 11.1. The predicted octanol–water partition coefficient (Wildman–Crippen LogP) is 6.14. The number of hydrogen-bond acceptors (Lipinski definition) is 3. The molecule has 1 fully saturated rings. The number of urea groups is 1. The number of nitrogens with one attached hydrogen (secondary N) is 2. The summed E-state index contributed by atoms with van der Waals surface area (Å²) in [4.78, 5) is 21.2. The average molecular weight is 507 g/mol. The average Bonchev–Trinajstić information content (AvgIpc) is 2.87. The van der Waals surface area contributed by atoms with Crippen molar-refractivity contribution in [2.75, 3.05) is 30.3 Å². The van der Waals surface area contributed by atoms with Gasteiger partial charge < -0.3 is 20.4 Å². The third-order valence-electron chi connectivity index (χ3n) is 5.84. The number of nitriles is 1. The van der Waals surface area contributed by atoms with Crippen LogP contribution in [0.2, 0.25) is 10.0 Å². The molecule has 0 bridgehead atoms. The van der Waals surface area contributed by atoms with E-state index < -0.39 is 0 Å². The molecular weight excluding hydrogens is 483 g/mol. The molecule has 4 rings (SSSR count). The molecule has 1 heterocycles. The van der Waals surface area contributed by atoms with E-state index in [-0.39, 0.29) is 12.1 Å². The Morgan fingerprint density at radius 1 is 1.00 bits per heavy atom. The molecular formula is C26H24Cl2N6O. The van der Waals surface area contributed by atoms with E-state index in [9.17, 15) is 10.1 Å². The molecule has 0 aromatic heterocycles. The second-order valence-electron chi connectivity index (χ2n) is 8.10. The summed E-state index contributed by atoms with van der Waals surface area (Å²) in [5, 5.41) is 16.4. The van der Waals surface area contributed by atoms with Gasteiger partial charge in [0.1, 0.15) is 0 Å². The van der Waals surface area contributed by atoms with E-state index >= 15 is 0 Å². The molecule has 0 aliphatic carbocycles. The summed E-state index contributed by atoms with van der Waals surface area (Å²) < 4.78 is 0. The van der Waals surface area contributed by atoms with Gasteiger partial charge in [-0.3, -0.25) is 0 Å². The molecule has 7 nitrogen and oxygen atoms in total. The summed E-state index contributed by atoms with van der Waals surface area (Å²) in [6, 6.07) is 22.0. The maximum atomic E-state index is 13.3. The topological polar surface area (TPSA) is 83.8 Å². The monoisotopic (exact) mass is 506 g/mol. The van der Waals surface area contributed by atoms with E-state index in [1.165, 1.54) is 0 Å². The summed E-state index contributed by atoms with van der Waals surface area (Å²) in [6.45, 7) is 3.32. The Kier molecular flexibility index (Phi) is 7.76. The lowest BCUT2D eigenvalue weighted by Gasteiger charge is -2.42. The highest BCUT2D eigenvalue weighted by Crippen LogP contribution is 2.30. The van der Waals surface area contributed by atoms with Crippen LogP contribution in [0.15, 0.2) is 77.8 Å². The third-order valence-corrected chi connectivity index (χ3v) is 6.41. The first-order valence-electron chi connectivity index (χ1n) is 11.1. The molecule has 1 atom stereocenters. The highest BCUT2D eigenvalue weighted by atomic mass is 35.5. The van der Waals surface area contributed by atoms with Crippen molar-refractivity contribution in [3.05, 3.63) is 94.0 Å².